The molecule has 1 atom stereocenters. The van der Waals surface area contributed by atoms with Crippen molar-refractivity contribution in [2.45, 2.75) is 13.0 Å². The minimum absolute atomic E-state index is 0.0377. The lowest BCUT2D eigenvalue weighted by molar-refractivity contribution is 0.584. The molecule has 0 radical (unpaired) electrons. The van der Waals surface area contributed by atoms with Gasteiger partial charge in [-0.25, -0.2) is 8.78 Å². The zero-order valence-electron chi connectivity index (χ0n) is 9.01. The summed E-state index contributed by atoms with van der Waals surface area (Å²) < 4.78 is 27.2. The lowest BCUT2D eigenvalue weighted by atomic mass is 10.2. The largest absolute Gasteiger partial charge is 0.375 e. The number of hydrogen-bond acceptors (Lipinski definition) is 2. The quantitative estimate of drug-likeness (QED) is 0.843. The summed E-state index contributed by atoms with van der Waals surface area (Å²) in [6.45, 7) is 1.93. The molecule has 0 amide bonds. The van der Waals surface area contributed by atoms with Crippen molar-refractivity contribution in [2.24, 2.45) is 0 Å². The number of nitrogens with one attached hydrogen (secondary N) is 1. The van der Waals surface area contributed by atoms with E-state index in [1.165, 1.54) is 12.1 Å². The molecule has 0 aliphatic carbocycles. The van der Waals surface area contributed by atoms with Crippen molar-refractivity contribution in [3.63, 3.8) is 0 Å². The lowest BCUT2D eigenvalue weighted by Crippen LogP contribution is -2.07. The highest BCUT2D eigenvalue weighted by Gasteiger charge is 2.12. The first-order valence-corrected chi connectivity index (χ1v) is 6.69. The van der Waals surface area contributed by atoms with Gasteiger partial charge in [0.05, 0.1) is 11.7 Å². The third kappa shape index (κ3) is 2.84. The Balaban J connectivity index is 2.19. The molecule has 5 heteroatoms. The topological polar surface area (TPSA) is 12.0 Å². The number of hydrogen-bond donors (Lipinski definition) is 1. The van der Waals surface area contributed by atoms with Crippen LogP contribution in [0.15, 0.2) is 34.1 Å². The Morgan fingerprint density at radius 2 is 2.06 bits per heavy atom. The zero-order valence-corrected chi connectivity index (χ0v) is 11.4. The summed E-state index contributed by atoms with van der Waals surface area (Å²) in [5.74, 6) is -1.15. The van der Waals surface area contributed by atoms with E-state index in [1.807, 2.05) is 18.4 Å². The molecule has 1 aromatic heterocycles. The molecule has 0 saturated carbocycles. The van der Waals surface area contributed by atoms with Crippen molar-refractivity contribution < 1.29 is 8.78 Å². The Kier molecular flexibility index (Phi) is 3.79. The molecule has 0 fully saturated rings. The van der Waals surface area contributed by atoms with Gasteiger partial charge in [0.25, 0.3) is 0 Å². The predicted molar refractivity (Wildman–Crippen MR) is 70.4 cm³/mol. The fourth-order valence-electron chi connectivity index (χ4n) is 1.52. The summed E-state index contributed by atoms with van der Waals surface area (Å²) in [6.07, 6.45) is 0. The molecule has 0 bridgehead atoms. The highest BCUT2D eigenvalue weighted by molar-refractivity contribution is 9.10. The van der Waals surface area contributed by atoms with Crippen LogP contribution in [-0.4, -0.2) is 0 Å². The van der Waals surface area contributed by atoms with Crippen LogP contribution in [0, 0.1) is 11.6 Å². The summed E-state index contributed by atoms with van der Waals surface area (Å²) in [5, 5.41) is 4.98. The van der Waals surface area contributed by atoms with Gasteiger partial charge in [-0.1, -0.05) is 0 Å². The second kappa shape index (κ2) is 5.14. The molecule has 0 saturated heterocycles. The van der Waals surface area contributed by atoms with Crippen LogP contribution in [0.3, 0.4) is 0 Å². The maximum absolute atomic E-state index is 13.4. The third-order valence-electron chi connectivity index (χ3n) is 2.34. The Labute approximate surface area is 111 Å². The number of benzene rings is 1. The minimum atomic E-state index is -0.579. The fourth-order valence-corrected chi connectivity index (χ4v) is 3.25. The van der Waals surface area contributed by atoms with E-state index in [0.29, 0.717) is 5.69 Å². The first kappa shape index (κ1) is 12.5. The van der Waals surface area contributed by atoms with E-state index < -0.39 is 11.6 Å². The third-order valence-corrected chi connectivity index (χ3v) is 4.39. The summed E-state index contributed by atoms with van der Waals surface area (Å²) in [4.78, 5) is 1.08. The van der Waals surface area contributed by atoms with Gasteiger partial charge in [0.2, 0.25) is 0 Å². The van der Waals surface area contributed by atoms with E-state index in [1.54, 1.807) is 11.3 Å². The van der Waals surface area contributed by atoms with Crippen molar-refractivity contribution >= 4 is 33.0 Å². The molecule has 0 aliphatic rings. The van der Waals surface area contributed by atoms with Crippen LogP contribution in [-0.2, 0) is 0 Å². The van der Waals surface area contributed by atoms with Gasteiger partial charge in [-0.3, -0.25) is 0 Å². The fraction of sp³-hybridized carbons (Fsp3) is 0.167. The average molecular weight is 318 g/mol. The molecular weight excluding hydrogens is 308 g/mol. The first-order valence-electron chi connectivity index (χ1n) is 5.02. The summed E-state index contributed by atoms with van der Waals surface area (Å²) in [6, 6.07) is 5.42. The average Bonchev–Trinajstić information content (AvgIpc) is 2.68. The van der Waals surface area contributed by atoms with Gasteiger partial charge >= 0.3 is 0 Å². The molecule has 17 heavy (non-hydrogen) atoms. The maximum Gasteiger partial charge on any atom is 0.149 e. The highest BCUT2D eigenvalue weighted by atomic mass is 79.9. The summed E-state index contributed by atoms with van der Waals surface area (Å²) >= 11 is 5.01. The van der Waals surface area contributed by atoms with Gasteiger partial charge in [0, 0.05) is 15.4 Å². The Hall–Kier alpha value is -0.940. The van der Waals surface area contributed by atoms with E-state index in [2.05, 4.69) is 21.2 Å². The second-order valence-electron chi connectivity index (χ2n) is 3.62. The van der Waals surface area contributed by atoms with E-state index >= 15 is 0 Å². The number of halogens is 3. The van der Waals surface area contributed by atoms with Crippen molar-refractivity contribution in [3.8, 4) is 0 Å². The Morgan fingerprint density at radius 3 is 2.65 bits per heavy atom. The van der Waals surface area contributed by atoms with Gasteiger partial charge in [-0.2, -0.15) is 0 Å². The highest BCUT2D eigenvalue weighted by Crippen LogP contribution is 2.31. The molecule has 0 aliphatic heterocycles. The predicted octanol–water partition coefficient (Wildman–Crippen LogP) is 4.96. The summed E-state index contributed by atoms with van der Waals surface area (Å²) in [7, 11) is 0. The van der Waals surface area contributed by atoms with Crippen molar-refractivity contribution in [2.75, 3.05) is 5.32 Å². The Bertz CT molecular complexity index is 527. The van der Waals surface area contributed by atoms with Gasteiger partial charge in [-0.05, 0) is 46.4 Å². The maximum atomic E-state index is 13.4. The lowest BCUT2D eigenvalue weighted by Gasteiger charge is -2.15. The molecule has 1 nitrogen and oxygen atoms in total. The van der Waals surface area contributed by atoms with Crippen molar-refractivity contribution in [3.05, 3.63) is 50.6 Å². The number of anilines is 1. The van der Waals surface area contributed by atoms with Gasteiger partial charge in [0.15, 0.2) is 0 Å². The van der Waals surface area contributed by atoms with Gasteiger partial charge in [-0.15, -0.1) is 11.3 Å². The molecule has 90 valence electrons. The molecule has 1 unspecified atom stereocenters. The normalized spacial score (nSPS) is 12.5. The van der Waals surface area contributed by atoms with Gasteiger partial charge < -0.3 is 5.32 Å². The van der Waals surface area contributed by atoms with E-state index in [0.717, 1.165) is 15.4 Å². The molecule has 1 N–H and O–H groups in total. The molecule has 2 aromatic rings. The second-order valence-corrected chi connectivity index (χ2v) is 5.43. The molecule has 2 rings (SSSR count). The molecule has 0 spiro atoms. The van der Waals surface area contributed by atoms with Crippen LogP contribution in [0.4, 0.5) is 14.5 Å². The molecular formula is C12H10BrF2NS. The SMILES string of the molecule is CC(Nc1ccc(F)cc1F)c1sccc1Br. The molecule has 1 aromatic carbocycles. The zero-order chi connectivity index (χ0) is 12.4. The van der Waals surface area contributed by atoms with Crippen LogP contribution in [0.1, 0.15) is 17.8 Å². The van der Waals surface area contributed by atoms with E-state index in [4.69, 9.17) is 0 Å². The number of thiophene rings is 1. The van der Waals surface area contributed by atoms with Crippen LogP contribution < -0.4 is 5.32 Å². The van der Waals surface area contributed by atoms with Crippen molar-refractivity contribution in [1.82, 2.24) is 0 Å². The van der Waals surface area contributed by atoms with Crippen LogP contribution in [0.25, 0.3) is 0 Å². The van der Waals surface area contributed by atoms with Crippen LogP contribution in [0.2, 0.25) is 0 Å². The molecule has 1 heterocycles. The Morgan fingerprint density at radius 1 is 1.29 bits per heavy atom. The standard InChI is InChI=1S/C12H10BrF2NS/c1-7(12-9(13)4-5-17-12)16-11-3-2-8(14)6-10(11)15/h2-7,16H,1H3. The minimum Gasteiger partial charge on any atom is -0.375 e. The van der Waals surface area contributed by atoms with Crippen LogP contribution in [0.5, 0.6) is 0 Å². The van der Waals surface area contributed by atoms with Gasteiger partial charge in [0.1, 0.15) is 11.6 Å². The number of rotatable bonds is 3. The van der Waals surface area contributed by atoms with Crippen LogP contribution >= 0.6 is 27.3 Å². The monoisotopic (exact) mass is 317 g/mol. The summed E-state index contributed by atoms with van der Waals surface area (Å²) in [5.41, 5.74) is 0.305. The van der Waals surface area contributed by atoms with Crippen molar-refractivity contribution in [1.29, 1.82) is 0 Å². The smallest absolute Gasteiger partial charge is 0.149 e. The van der Waals surface area contributed by atoms with E-state index in [-0.39, 0.29) is 6.04 Å². The first-order chi connectivity index (χ1) is 8.08. The van der Waals surface area contributed by atoms with E-state index in [9.17, 15) is 8.78 Å².